The number of ether oxygens (including phenoxy) is 1. The first-order chi connectivity index (χ1) is 9.83. The van der Waals surface area contributed by atoms with Gasteiger partial charge in [-0.3, -0.25) is 0 Å². The van der Waals surface area contributed by atoms with Gasteiger partial charge >= 0.3 is 115 Å². The third-order valence-corrected chi connectivity index (χ3v) is 7.77. The summed E-state index contributed by atoms with van der Waals surface area (Å²) in [4.78, 5) is 11.6. The molecule has 0 aliphatic carbocycles. The third-order valence-electron chi connectivity index (χ3n) is 3.70. The van der Waals surface area contributed by atoms with Crippen molar-refractivity contribution in [3.63, 3.8) is 0 Å². The van der Waals surface area contributed by atoms with E-state index in [4.69, 9.17) is 18.3 Å². The summed E-state index contributed by atoms with van der Waals surface area (Å²) in [5, 5.41) is -1.01. The number of rotatable bonds is 0. The minimum absolute atomic E-state index is 0.0746. The number of fused-ring (bicyclic) bond motifs is 2. The molecule has 2 fully saturated rings. The van der Waals surface area contributed by atoms with Crippen molar-refractivity contribution in [1.29, 1.82) is 0 Å². The van der Waals surface area contributed by atoms with Gasteiger partial charge in [-0.25, -0.2) is 0 Å². The van der Waals surface area contributed by atoms with Crippen molar-refractivity contribution in [1.82, 2.24) is 5.09 Å². The Morgan fingerprint density at radius 1 is 1.19 bits per heavy atom. The average Bonchev–Trinajstić information content (AvgIpc) is 2.98. The Hall–Kier alpha value is -1.57. The molecule has 21 heavy (non-hydrogen) atoms. The summed E-state index contributed by atoms with van der Waals surface area (Å²) >= 11 is 0. The van der Waals surface area contributed by atoms with Crippen molar-refractivity contribution in [2.75, 3.05) is 13.2 Å². The van der Waals surface area contributed by atoms with E-state index in [1.807, 2.05) is 0 Å². The van der Waals surface area contributed by atoms with Crippen LogP contribution in [0.25, 0.3) is 0 Å². The van der Waals surface area contributed by atoms with Crippen LogP contribution >= 0.6 is 7.43 Å². The molecule has 3 aliphatic rings. The number of para-hydroxylation sites is 1. The van der Waals surface area contributed by atoms with Gasteiger partial charge in [0, 0.05) is 0 Å². The van der Waals surface area contributed by atoms with E-state index in [2.05, 4.69) is 5.09 Å². The molecule has 1 N–H and O–H groups in total. The fourth-order valence-corrected chi connectivity index (χ4v) is 6.97. The summed E-state index contributed by atoms with van der Waals surface area (Å²) in [6.45, 7) is -0.263. The van der Waals surface area contributed by atoms with Gasteiger partial charge in [-0.05, 0) is 0 Å². The Bertz CT molecular complexity index is 660. The van der Waals surface area contributed by atoms with Crippen molar-refractivity contribution in [3.8, 4) is 5.75 Å². The molecule has 0 bridgehead atoms. The number of nitrogens with one attached hydrogen (secondary N) is 1. The summed E-state index contributed by atoms with van der Waals surface area (Å²) in [5.74, 6) is -0.0746. The van der Waals surface area contributed by atoms with Gasteiger partial charge in [0.1, 0.15) is 0 Å². The number of alkyl halides is 3. The maximum absolute atomic E-state index is 13.9. The molecule has 0 saturated carbocycles. The Kier molecular flexibility index (Phi) is 2.14. The molecule has 4 rings (SSSR count). The van der Waals surface area contributed by atoms with E-state index in [-0.39, 0.29) is 24.5 Å². The molecule has 3 heterocycles. The van der Waals surface area contributed by atoms with Gasteiger partial charge in [0.15, 0.2) is 0 Å². The summed E-state index contributed by atoms with van der Waals surface area (Å²) in [5.41, 5.74) is -0.324. The van der Waals surface area contributed by atoms with Gasteiger partial charge in [0.2, 0.25) is 0 Å². The third kappa shape index (κ3) is 1.20. The van der Waals surface area contributed by atoms with Crippen LogP contribution in [0.2, 0.25) is 0 Å². The molecule has 1 aromatic rings. The topological polar surface area (TPSA) is 66.0 Å². The number of amides is 1. The van der Waals surface area contributed by atoms with Crippen LogP contribution < -0.4 is 9.61 Å². The number of carbonyl (C=O) groups is 1. The number of hydrogen-bond acceptors (Lipinski definition) is 5. The first-order valence-corrected chi connectivity index (χ1v) is 8.02. The molecule has 1 aromatic carbocycles. The molecule has 0 aromatic heterocycles. The van der Waals surface area contributed by atoms with Crippen LogP contribution in [0.3, 0.4) is 0 Å². The molecular weight excluding hydrogens is 314 g/mol. The molecule has 10 heteroatoms. The number of carbonyl (C=O) groups excluding carboxylic acids is 1. The Morgan fingerprint density at radius 2 is 1.86 bits per heavy atom. The molecule has 2 saturated heterocycles. The number of halogens is 3. The van der Waals surface area contributed by atoms with E-state index in [9.17, 15) is 18.0 Å². The Morgan fingerprint density at radius 3 is 2.52 bits per heavy atom. The second-order valence-electron chi connectivity index (χ2n) is 4.78. The van der Waals surface area contributed by atoms with Crippen molar-refractivity contribution in [2.24, 2.45) is 0 Å². The van der Waals surface area contributed by atoms with Crippen LogP contribution in [0.15, 0.2) is 24.3 Å². The molecule has 3 aliphatic heterocycles. The summed E-state index contributed by atoms with van der Waals surface area (Å²) in [6, 6.07) is 5.45. The van der Waals surface area contributed by atoms with E-state index >= 15 is 0 Å². The van der Waals surface area contributed by atoms with Gasteiger partial charge in [-0.1, -0.05) is 0 Å². The van der Waals surface area contributed by atoms with E-state index in [1.165, 1.54) is 24.3 Å². The zero-order chi connectivity index (χ0) is 15.0. The van der Waals surface area contributed by atoms with E-state index in [0.29, 0.717) is 0 Å². The van der Waals surface area contributed by atoms with Gasteiger partial charge in [0.25, 0.3) is 0 Å². The van der Waals surface area contributed by atoms with Crippen LogP contribution in [-0.2, 0) is 19.1 Å². The molecule has 114 valence electrons. The Labute approximate surface area is 116 Å². The molecular formula is C11H9F3NO5P. The van der Waals surface area contributed by atoms with Crippen LogP contribution in [0.5, 0.6) is 5.75 Å². The summed E-state index contributed by atoms with van der Waals surface area (Å²) in [6.07, 6.45) is -6.25. The molecule has 0 radical (unpaired) electrons. The van der Waals surface area contributed by atoms with Crippen LogP contribution in [0.1, 0.15) is 5.56 Å². The number of hydrogen-bond donors (Lipinski definition) is 1. The maximum atomic E-state index is 13.9. The van der Waals surface area contributed by atoms with Crippen molar-refractivity contribution in [3.05, 3.63) is 29.8 Å². The zero-order valence-corrected chi connectivity index (χ0v) is 11.2. The van der Waals surface area contributed by atoms with E-state index in [0.717, 1.165) is 0 Å². The molecule has 1 atom stereocenters. The summed E-state index contributed by atoms with van der Waals surface area (Å²) in [7, 11) is -5.08. The van der Waals surface area contributed by atoms with Gasteiger partial charge in [-0.2, -0.15) is 0 Å². The van der Waals surface area contributed by atoms with Gasteiger partial charge < -0.3 is 0 Å². The Balaban J connectivity index is 2.10. The van der Waals surface area contributed by atoms with Gasteiger partial charge in [0.05, 0.1) is 0 Å². The average molecular weight is 323 g/mol. The normalized spacial score (nSPS) is 33.3. The minimum atomic E-state index is -5.08. The second-order valence-corrected chi connectivity index (χ2v) is 8.10. The van der Waals surface area contributed by atoms with Crippen LogP contribution in [0, 0.1) is 0 Å². The predicted octanol–water partition coefficient (Wildman–Crippen LogP) is 2.79. The molecule has 1 amide bonds. The van der Waals surface area contributed by atoms with E-state index in [1.54, 1.807) is 0 Å². The fraction of sp³-hybridized carbons (Fsp3) is 0.364. The first-order valence-electron chi connectivity index (χ1n) is 6.03. The fourth-order valence-electron chi connectivity index (χ4n) is 3.00. The monoisotopic (exact) mass is 323 g/mol. The van der Waals surface area contributed by atoms with Crippen LogP contribution in [0.4, 0.5) is 18.0 Å². The molecule has 1 spiro atoms. The molecule has 0 unspecified atom stereocenters. The molecule has 6 nitrogen and oxygen atoms in total. The van der Waals surface area contributed by atoms with Crippen molar-refractivity contribution < 1.29 is 36.3 Å². The van der Waals surface area contributed by atoms with E-state index < -0.39 is 25.0 Å². The SMILES string of the molecule is O=C1NP23(OCCO2)Oc2ccccc2[C@]3(C(F)(F)F)O1. The van der Waals surface area contributed by atoms with Crippen molar-refractivity contribution >= 4 is 13.5 Å². The number of benzene rings is 1. The zero-order valence-electron chi connectivity index (χ0n) is 10.3. The van der Waals surface area contributed by atoms with Crippen LogP contribution in [-0.4, -0.2) is 25.5 Å². The van der Waals surface area contributed by atoms with Crippen molar-refractivity contribution in [2.45, 2.75) is 11.5 Å². The standard InChI is InChI=1S/C11H9F3NO5P/c12-11(13,14)10-7-3-1-2-4-8(7)20-21(10,15-9(16)19-10)17-5-6-18-21/h1-4H,5-6H2,(H,15,16)/t10-/m0/s1. The summed E-state index contributed by atoms with van der Waals surface area (Å²) < 4.78 is 62.6. The van der Waals surface area contributed by atoms with Gasteiger partial charge in [-0.15, -0.1) is 0 Å². The quantitative estimate of drug-likeness (QED) is 0.744. The first kappa shape index (κ1) is 13.1. The predicted molar refractivity (Wildman–Crippen MR) is 63.2 cm³/mol. The second kappa shape index (κ2) is 3.43.